The van der Waals surface area contributed by atoms with Gasteiger partial charge in [0.1, 0.15) is 16.5 Å². The highest BCUT2D eigenvalue weighted by atomic mass is 32.2. The predicted molar refractivity (Wildman–Crippen MR) is 170 cm³/mol. The Morgan fingerprint density at radius 2 is 1.81 bits per heavy atom. The first-order valence-corrected chi connectivity index (χ1v) is 15.7. The van der Waals surface area contributed by atoms with Crippen LogP contribution in [0.15, 0.2) is 64.4 Å². The van der Waals surface area contributed by atoms with E-state index >= 15 is 0 Å². The number of aromatic amines is 1. The standard InChI is InChI=1S/C31H37N7O4S/c1-19-6-5-7-25(29(19)43(32,41)42)35-26-17-22-10-13-33-31(40)28(22)30(36-26)34-23-8-9-24(20(2)16-23)21-11-14-38(15-12-21)27(39)18-37(3)4/h5-10,13,16-17,21H,11-12,14-15,18H2,1-4H3,(H,33,40)(H2,32,41,42)(H2,34,35,36). The number of H-pyrrole nitrogens is 1. The number of hydrogen-bond acceptors (Lipinski definition) is 8. The molecule has 0 unspecified atom stereocenters. The maximum Gasteiger partial charge on any atom is 0.259 e. The largest absolute Gasteiger partial charge is 0.342 e. The van der Waals surface area contributed by atoms with Crippen molar-refractivity contribution in [2.24, 2.45) is 5.14 Å². The number of aryl methyl sites for hydroxylation is 2. The van der Waals surface area contributed by atoms with Gasteiger partial charge >= 0.3 is 0 Å². The maximum absolute atomic E-state index is 12.9. The van der Waals surface area contributed by atoms with Crippen molar-refractivity contribution in [1.82, 2.24) is 19.8 Å². The second-order valence-electron chi connectivity index (χ2n) is 11.3. The molecule has 12 heteroatoms. The molecule has 5 N–H and O–H groups in total. The van der Waals surface area contributed by atoms with E-state index in [-0.39, 0.29) is 16.4 Å². The fraction of sp³-hybridized carbons (Fsp3) is 0.323. The van der Waals surface area contributed by atoms with Crippen molar-refractivity contribution in [3.8, 4) is 0 Å². The summed E-state index contributed by atoms with van der Waals surface area (Å²) in [5, 5.41) is 12.9. The molecule has 2 aromatic heterocycles. The number of nitrogens with one attached hydrogen (secondary N) is 3. The average molecular weight is 604 g/mol. The van der Waals surface area contributed by atoms with Gasteiger partial charge in [0.05, 0.1) is 17.6 Å². The smallest absolute Gasteiger partial charge is 0.259 e. The van der Waals surface area contributed by atoms with E-state index in [1.54, 1.807) is 43.5 Å². The molecule has 1 aliphatic heterocycles. The monoisotopic (exact) mass is 603 g/mol. The lowest BCUT2D eigenvalue weighted by molar-refractivity contribution is -0.132. The molecule has 3 heterocycles. The number of primary sulfonamides is 1. The molecule has 43 heavy (non-hydrogen) atoms. The summed E-state index contributed by atoms with van der Waals surface area (Å²) in [7, 11) is -0.201. The third-order valence-corrected chi connectivity index (χ3v) is 8.90. The fourth-order valence-electron chi connectivity index (χ4n) is 5.79. The van der Waals surface area contributed by atoms with Crippen LogP contribution in [0.2, 0.25) is 0 Å². The summed E-state index contributed by atoms with van der Waals surface area (Å²) >= 11 is 0. The van der Waals surface area contributed by atoms with Crippen molar-refractivity contribution in [2.45, 2.75) is 37.5 Å². The molecule has 2 aromatic carbocycles. The quantitative estimate of drug-likeness (QED) is 0.236. The molecule has 226 valence electrons. The lowest BCUT2D eigenvalue weighted by atomic mass is 9.86. The van der Waals surface area contributed by atoms with Gasteiger partial charge in [0.15, 0.2) is 0 Å². The van der Waals surface area contributed by atoms with Gasteiger partial charge in [0.2, 0.25) is 15.9 Å². The van der Waals surface area contributed by atoms with E-state index in [1.165, 1.54) is 5.56 Å². The van der Waals surface area contributed by atoms with Crippen LogP contribution < -0.4 is 21.3 Å². The number of anilines is 4. The number of nitrogens with two attached hydrogens (primary N) is 1. The number of likely N-dealkylation sites (N-methyl/N-ethyl adjacent to an activating group) is 1. The van der Waals surface area contributed by atoms with Crippen molar-refractivity contribution in [2.75, 3.05) is 44.4 Å². The number of carbonyl (C=O) groups excluding carboxylic acids is 1. The van der Waals surface area contributed by atoms with Crippen molar-refractivity contribution >= 4 is 49.7 Å². The normalized spacial score (nSPS) is 14.3. The van der Waals surface area contributed by atoms with Crippen molar-refractivity contribution in [3.63, 3.8) is 0 Å². The highest BCUT2D eigenvalue weighted by Crippen LogP contribution is 2.34. The van der Waals surface area contributed by atoms with Crippen LogP contribution in [-0.4, -0.2) is 67.8 Å². The van der Waals surface area contributed by atoms with Gasteiger partial charge in [0.25, 0.3) is 5.56 Å². The summed E-state index contributed by atoms with van der Waals surface area (Å²) in [5.74, 6) is 1.19. The van der Waals surface area contributed by atoms with Crippen LogP contribution in [0.3, 0.4) is 0 Å². The molecule has 0 saturated carbocycles. The van der Waals surface area contributed by atoms with Gasteiger partial charge in [-0.15, -0.1) is 0 Å². The molecule has 11 nitrogen and oxygen atoms in total. The number of sulfonamides is 1. The lowest BCUT2D eigenvalue weighted by Crippen LogP contribution is -2.42. The lowest BCUT2D eigenvalue weighted by Gasteiger charge is -2.33. The van der Waals surface area contributed by atoms with Gasteiger partial charge in [-0.1, -0.05) is 18.2 Å². The molecule has 1 fully saturated rings. The number of amides is 1. The Hall–Kier alpha value is -4.26. The van der Waals surface area contributed by atoms with Gasteiger partial charge < -0.3 is 25.4 Å². The maximum atomic E-state index is 12.9. The summed E-state index contributed by atoms with van der Waals surface area (Å²) < 4.78 is 24.7. The summed E-state index contributed by atoms with van der Waals surface area (Å²) in [6, 6.07) is 14.6. The molecule has 0 radical (unpaired) electrons. The number of piperidine rings is 1. The van der Waals surface area contributed by atoms with Crippen LogP contribution in [0, 0.1) is 13.8 Å². The van der Waals surface area contributed by atoms with E-state index < -0.39 is 10.0 Å². The minimum atomic E-state index is -4.00. The molecule has 0 atom stereocenters. The highest BCUT2D eigenvalue weighted by molar-refractivity contribution is 7.89. The minimum Gasteiger partial charge on any atom is -0.342 e. The van der Waals surface area contributed by atoms with Crippen LogP contribution >= 0.6 is 0 Å². The van der Waals surface area contributed by atoms with Crippen LogP contribution in [0.1, 0.15) is 35.4 Å². The second kappa shape index (κ2) is 12.2. The molecular weight excluding hydrogens is 566 g/mol. The number of carbonyl (C=O) groups is 1. The summed E-state index contributed by atoms with van der Waals surface area (Å²) in [4.78, 5) is 36.5. The number of benzene rings is 2. The van der Waals surface area contributed by atoms with E-state index in [2.05, 4.69) is 33.6 Å². The number of nitrogens with zero attached hydrogens (tertiary/aromatic N) is 3. The Bertz CT molecular complexity index is 1850. The number of hydrogen-bond donors (Lipinski definition) is 4. The van der Waals surface area contributed by atoms with Gasteiger partial charge in [-0.2, -0.15) is 0 Å². The zero-order valence-electron chi connectivity index (χ0n) is 24.8. The Kier molecular flexibility index (Phi) is 8.54. The van der Waals surface area contributed by atoms with E-state index in [0.29, 0.717) is 46.1 Å². The Morgan fingerprint density at radius 1 is 1.07 bits per heavy atom. The van der Waals surface area contributed by atoms with Crippen LogP contribution in [-0.2, 0) is 14.8 Å². The number of likely N-dealkylation sites (tertiary alicyclic amines) is 1. The van der Waals surface area contributed by atoms with Crippen molar-refractivity contribution in [3.05, 3.63) is 81.8 Å². The van der Waals surface area contributed by atoms with E-state index in [1.807, 2.05) is 36.0 Å². The molecule has 1 saturated heterocycles. The van der Waals surface area contributed by atoms with E-state index in [9.17, 15) is 18.0 Å². The molecule has 0 bridgehead atoms. The second-order valence-corrected chi connectivity index (χ2v) is 12.8. The molecule has 4 aromatic rings. The van der Waals surface area contributed by atoms with Crippen LogP contribution in [0.4, 0.5) is 23.0 Å². The molecule has 0 aliphatic carbocycles. The number of pyridine rings is 2. The number of aromatic nitrogens is 2. The molecular formula is C31H37N7O4S. The molecule has 1 amide bonds. The third-order valence-electron chi connectivity index (χ3n) is 7.79. The Labute approximate surface area is 251 Å². The van der Waals surface area contributed by atoms with Gasteiger partial charge in [0, 0.05) is 25.0 Å². The van der Waals surface area contributed by atoms with Gasteiger partial charge in [-0.05, 0) is 99.1 Å². The predicted octanol–water partition coefficient (Wildman–Crippen LogP) is 3.94. The highest BCUT2D eigenvalue weighted by Gasteiger charge is 2.25. The Morgan fingerprint density at radius 3 is 2.49 bits per heavy atom. The third kappa shape index (κ3) is 6.71. The topological polar surface area (TPSA) is 154 Å². The van der Waals surface area contributed by atoms with Crippen LogP contribution in [0.25, 0.3) is 10.8 Å². The summed E-state index contributed by atoms with van der Waals surface area (Å²) in [6.07, 6.45) is 3.36. The molecule has 5 rings (SSSR count). The zero-order chi connectivity index (χ0) is 30.9. The first-order valence-electron chi connectivity index (χ1n) is 14.1. The first-order chi connectivity index (χ1) is 20.4. The summed E-state index contributed by atoms with van der Waals surface area (Å²) in [5.41, 5.74) is 3.60. The van der Waals surface area contributed by atoms with E-state index in [0.717, 1.165) is 37.2 Å². The average Bonchev–Trinajstić information content (AvgIpc) is 2.92. The van der Waals surface area contributed by atoms with Gasteiger partial charge in [-0.25, -0.2) is 18.5 Å². The Balaban J connectivity index is 1.42. The minimum absolute atomic E-state index is 0.0172. The zero-order valence-corrected chi connectivity index (χ0v) is 25.6. The number of rotatable bonds is 8. The fourth-order valence-corrected chi connectivity index (χ4v) is 6.74. The van der Waals surface area contributed by atoms with Crippen molar-refractivity contribution in [1.29, 1.82) is 0 Å². The van der Waals surface area contributed by atoms with Crippen LogP contribution in [0.5, 0.6) is 0 Å². The molecule has 1 aliphatic rings. The SMILES string of the molecule is Cc1cc(Nc2nc(Nc3cccc(C)c3S(N)(=O)=O)cc3cc[nH]c(=O)c23)ccc1C1CCN(C(=O)CN(C)C)CC1. The molecule has 0 spiro atoms. The first kappa shape index (κ1) is 30.2. The van der Waals surface area contributed by atoms with E-state index in [4.69, 9.17) is 5.14 Å². The van der Waals surface area contributed by atoms with Crippen molar-refractivity contribution < 1.29 is 13.2 Å². The summed E-state index contributed by atoms with van der Waals surface area (Å²) in [6.45, 7) is 5.63. The van der Waals surface area contributed by atoms with Gasteiger partial charge in [-0.3, -0.25) is 9.59 Å². The number of fused-ring (bicyclic) bond motifs is 1.